The molecule has 16 heteroatoms. The van der Waals surface area contributed by atoms with Crippen molar-refractivity contribution in [2.75, 3.05) is 103 Å². The Morgan fingerprint density at radius 2 is 1.16 bits per heavy atom. The molecule has 4 aromatic carbocycles. The molecule has 374 valence electrons. The average Bonchev–Trinajstić information content (AvgIpc) is 3.37. The van der Waals surface area contributed by atoms with Gasteiger partial charge in [0.05, 0.1) is 129 Å². The van der Waals surface area contributed by atoms with Gasteiger partial charge in [-0.05, 0) is 58.7 Å². The van der Waals surface area contributed by atoms with E-state index in [0.29, 0.717) is 105 Å². The lowest BCUT2D eigenvalue weighted by Crippen LogP contribution is -2.52. The second-order valence-electron chi connectivity index (χ2n) is 18.0. The Hall–Kier alpha value is -6.04. The number of carbonyl (C=O) groups is 2. The van der Waals surface area contributed by atoms with E-state index in [1.807, 2.05) is 30.3 Å². The van der Waals surface area contributed by atoms with Gasteiger partial charge < -0.3 is 66.9 Å². The van der Waals surface area contributed by atoms with E-state index in [1.165, 1.54) is 18.2 Å². The van der Waals surface area contributed by atoms with Crippen LogP contribution >= 0.6 is 0 Å². The van der Waals surface area contributed by atoms with Crippen molar-refractivity contribution in [3.05, 3.63) is 111 Å². The monoisotopic (exact) mass is 958 g/mol. The summed E-state index contributed by atoms with van der Waals surface area (Å²) in [6.45, 7) is 2.19. The molecule has 0 radical (unpaired) electrons. The van der Waals surface area contributed by atoms with Gasteiger partial charge in [-0.25, -0.2) is 9.59 Å². The summed E-state index contributed by atoms with van der Waals surface area (Å²) in [5.74, 6) is 2.75. The first-order valence-corrected chi connectivity index (χ1v) is 23.2. The Labute approximate surface area is 405 Å². The maximum Gasteiger partial charge on any atom is 0.331 e. The van der Waals surface area contributed by atoms with Gasteiger partial charge >= 0.3 is 11.9 Å². The highest BCUT2D eigenvalue weighted by Gasteiger charge is 2.44. The lowest BCUT2D eigenvalue weighted by molar-refractivity contribution is -0.941. The molecular weight excluding hydrogens is 889 g/mol. The van der Waals surface area contributed by atoms with Crippen molar-refractivity contribution < 1.29 is 76.5 Å². The van der Waals surface area contributed by atoms with Crippen molar-refractivity contribution in [2.24, 2.45) is 0 Å². The molecule has 0 aliphatic carbocycles. The molecule has 6 rings (SSSR count). The Bertz CT molecular complexity index is 2450. The van der Waals surface area contributed by atoms with Crippen LogP contribution in [0.25, 0.3) is 0 Å². The number of aliphatic hydroxyl groups excluding tert-OH is 3. The third-order valence-corrected chi connectivity index (χ3v) is 14.0. The van der Waals surface area contributed by atoms with E-state index in [9.17, 15) is 24.9 Å². The number of ether oxygens (including phenoxy) is 9. The van der Waals surface area contributed by atoms with Crippen molar-refractivity contribution in [1.82, 2.24) is 0 Å². The Kier molecular flexibility index (Phi) is 17.8. The number of aliphatic hydroxyl groups is 3. The number of benzene rings is 4. The van der Waals surface area contributed by atoms with Crippen LogP contribution < -0.4 is 33.2 Å². The molecule has 0 saturated carbocycles. The molecule has 69 heavy (non-hydrogen) atoms. The van der Waals surface area contributed by atoms with Crippen LogP contribution in [0.3, 0.4) is 0 Å². The first kappa shape index (κ1) is 52.3. The second-order valence-corrected chi connectivity index (χ2v) is 18.0. The molecule has 0 fully saturated rings. The minimum Gasteiger partial charge on any atom is -0.496 e. The quantitative estimate of drug-likeness (QED) is 0.0356. The minimum absolute atomic E-state index is 0.0466. The summed E-state index contributed by atoms with van der Waals surface area (Å²) in [7, 11) is 15.5. The van der Waals surface area contributed by atoms with Crippen LogP contribution in [0.15, 0.2) is 60.7 Å². The first-order valence-electron chi connectivity index (χ1n) is 23.2. The van der Waals surface area contributed by atoms with Crippen molar-refractivity contribution in [1.29, 1.82) is 0 Å². The number of hydrogen-bond donors (Lipinski definition) is 3. The van der Waals surface area contributed by atoms with Crippen molar-refractivity contribution in [3.8, 4) is 40.2 Å². The van der Waals surface area contributed by atoms with Gasteiger partial charge in [-0.1, -0.05) is 12.1 Å². The third kappa shape index (κ3) is 11.4. The Morgan fingerprint density at radius 1 is 0.594 bits per heavy atom. The van der Waals surface area contributed by atoms with Crippen LogP contribution in [0.1, 0.15) is 75.0 Å². The van der Waals surface area contributed by atoms with Crippen molar-refractivity contribution in [3.63, 3.8) is 0 Å². The van der Waals surface area contributed by atoms with Gasteiger partial charge in [0.1, 0.15) is 17.8 Å². The average molecular weight is 959 g/mol. The third-order valence-electron chi connectivity index (χ3n) is 14.0. The summed E-state index contributed by atoms with van der Waals surface area (Å²) in [6, 6.07) is 15.5. The molecule has 2 heterocycles. The highest BCUT2D eigenvalue weighted by Crippen LogP contribution is 2.49. The summed E-state index contributed by atoms with van der Waals surface area (Å²) < 4.78 is 52.1. The van der Waals surface area contributed by atoms with Gasteiger partial charge in [0.2, 0.25) is 0 Å². The number of quaternary nitrogens is 2. The van der Waals surface area contributed by atoms with Crippen LogP contribution in [-0.2, 0) is 58.1 Å². The number of methoxy groups -OCH3 is 7. The van der Waals surface area contributed by atoms with E-state index in [0.717, 1.165) is 53.9 Å². The van der Waals surface area contributed by atoms with Gasteiger partial charge in [-0.3, -0.25) is 0 Å². The standard InChI is InChI=1S/C53H70N2O14/c1-54(20-16-35-28-45(63-5)46(64-6)30-40(35)42(54)24-34-12-13-43(61-3)44(25-34)62-4)18-10-22-68-48(59)14-15-49(60)69-23-11-19-55(2)21-17-36-26-38(31-56)41(33-58)53(67-9)50(36)51(55)37-27-39(32-57)52(66-8)47(29-37)65-7/h12-15,25-30,42,51,56-58H,10-11,16-24,31-33H2,1-9H3/q+2/b15-14+. The maximum atomic E-state index is 12.9. The number of likely N-dealkylation sites (N-methyl/N-ethyl adjacent to an activating group) is 2. The van der Waals surface area contributed by atoms with Crippen LogP contribution in [0.5, 0.6) is 40.2 Å². The number of fused-ring (bicyclic) bond motifs is 2. The topological polar surface area (TPSA) is 178 Å². The van der Waals surface area contributed by atoms with Crippen molar-refractivity contribution >= 4 is 11.9 Å². The molecule has 0 spiro atoms. The van der Waals surface area contributed by atoms with Gasteiger partial charge in [0, 0.05) is 66.5 Å². The zero-order valence-corrected chi connectivity index (χ0v) is 41.6. The fourth-order valence-corrected chi connectivity index (χ4v) is 10.4. The first-order chi connectivity index (χ1) is 33.3. The fourth-order valence-electron chi connectivity index (χ4n) is 10.4. The molecule has 2 aliphatic rings. The van der Waals surface area contributed by atoms with E-state index in [1.54, 1.807) is 42.7 Å². The Balaban J connectivity index is 1.09. The summed E-state index contributed by atoms with van der Waals surface area (Å²) in [6.07, 6.45) is 5.46. The van der Waals surface area contributed by atoms with Crippen LogP contribution in [0.2, 0.25) is 0 Å². The van der Waals surface area contributed by atoms with E-state index < -0.39 is 11.9 Å². The molecule has 3 N–H and O–H groups in total. The van der Waals surface area contributed by atoms with Gasteiger partial charge in [-0.2, -0.15) is 0 Å². The maximum absolute atomic E-state index is 12.9. The molecule has 0 amide bonds. The van der Waals surface area contributed by atoms with Crippen LogP contribution in [0, 0.1) is 0 Å². The molecule has 16 nitrogen and oxygen atoms in total. The number of carbonyl (C=O) groups excluding carboxylic acids is 2. The predicted molar refractivity (Wildman–Crippen MR) is 257 cm³/mol. The number of rotatable bonds is 23. The van der Waals surface area contributed by atoms with E-state index in [2.05, 4.69) is 32.3 Å². The summed E-state index contributed by atoms with van der Waals surface area (Å²) >= 11 is 0. The van der Waals surface area contributed by atoms with E-state index >= 15 is 0 Å². The molecule has 0 aromatic heterocycles. The molecule has 4 aromatic rings. The summed E-state index contributed by atoms with van der Waals surface area (Å²) in [5, 5.41) is 31.1. The number of hydrogen-bond acceptors (Lipinski definition) is 14. The lowest BCUT2D eigenvalue weighted by atomic mass is 9.82. The minimum atomic E-state index is -0.663. The molecule has 4 unspecified atom stereocenters. The molecule has 2 aliphatic heterocycles. The SMILES string of the molecule is COc1ccc(CC2c3cc(OC)c(OC)cc3CC[N+]2(C)CCCOC(=O)/C=C/C(=O)OCCC[N+]2(C)CCc3cc(CO)c(CO)c(OC)c3C2c2cc(CO)c(OC)c(OC)c2)cc1OC. The lowest BCUT2D eigenvalue weighted by Gasteiger charge is -2.47. The molecule has 4 atom stereocenters. The predicted octanol–water partition coefficient (Wildman–Crippen LogP) is 5.73. The summed E-state index contributed by atoms with van der Waals surface area (Å²) in [5.41, 5.74) is 7.77. The fraction of sp³-hybridized carbons (Fsp3) is 0.472. The zero-order chi connectivity index (χ0) is 49.9. The van der Waals surface area contributed by atoms with Crippen LogP contribution in [-0.4, -0.2) is 139 Å². The second kappa shape index (κ2) is 23.5. The molecule has 0 saturated heterocycles. The van der Waals surface area contributed by atoms with Gasteiger partial charge in [0.25, 0.3) is 0 Å². The van der Waals surface area contributed by atoms with Gasteiger partial charge in [0.15, 0.2) is 34.5 Å². The number of nitrogens with zero attached hydrogens (tertiary/aromatic N) is 2. The Morgan fingerprint density at radius 3 is 1.74 bits per heavy atom. The summed E-state index contributed by atoms with van der Waals surface area (Å²) in [4.78, 5) is 25.8. The number of esters is 2. The highest BCUT2D eigenvalue weighted by molar-refractivity contribution is 5.91. The van der Waals surface area contributed by atoms with E-state index in [-0.39, 0.29) is 45.1 Å². The van der Waals surface area contributed by atoms with Crippen LogP contribution in [0.4, 0.5) is 0 Å². The van der Waals surface area contributed by atoms with Gasteiger partial charge in [-0.15, -0.1) is 0 Å². The normalized spacial score (nSPS) is 19.5. The van der Waals surface area contributed by atoms with Crippen molar-refractivity contribution in [2.45, 2.75) is 64.0 Å². The largest absolute Gasteiger partial charge is 0.496 e. The molecular formula is C53H70N2O14+2. The van der Waals surface area contributed by atoms with E-state index in [4.69, 9.17) is 42.6 Å². The zero-order valence-electron chi connectivity index (χ0n) is 41.6. The molecule has 0 bridgehead atoms. The highest BCUT2D eigenvalue weighted by atomic mass is 16.5. The smallest absolute Gasteiger partial charge is 0.331 e.